The van der Waals surface area contributed by atoms with Gasteiger partial charge in [-0.25, -0.2) is 9.97 Å². The summed E-state index contributed by atoms with van der Waals surface area (Å²) in [5.74, 6) is 0.782. The summed E-state index contributed by atoms with van der Waals surface area (Å²) < 4.78 is 5.17. The summed E-state index contributed by atoms with van der Waals surface area (Å²) in [6.07, 6.45) is 4.86. The standard InChI is InChI=1S/C15H28N4O/c1-6-13(4)19(7-8-20-5)15-17-10-14(11-18-15)9-16-12(2)3/h10-13,16H,6-9H2,1-5H3. The summed E-state index contributed by atoms with van der Waals surface area (Å²) >= 11 is 0. The van der Waals surface area contributed by atoms with Gasteiger partial charge in [0.2, 0.25) is 5.95 Å². The second kappa shape index (κ2) is 8.87. The van der Waals surface area contributed by atoms with Crippen molar-refractivity contribution in [3.05, 3.63) is 18.0 Å². The number of aromatic nitrogens is 2. The van der Waals surface area contributed by atoms with E-state index in [0.717, 1.165) is 31.0 Å². The molecule has 20 heavy (non-hydrogen) atoms. The van der Waals surface area contributed by atoms with Crippen LogP contribution < -0.4 is 10.2 Å². The fourth-order valence-corrected chi connectivity index (χ4v) is 1.84. The van der Waals surface area contributed by atoms with Gasteiger partial charge in [-0.2, -0.15) is 0 Å². The summed E-state index contributed by atoms with van der Waals surface area (Å²) in [6, 6.07) is 0.873. The van der Waals surface area contributed by atoms with Crippen LogP contribution in [-0.4, -0.2) is 42.3 Å². The van der Waals surface area contributed by atoms with Crippen LogP contribution in [0, 0.1) is 0 Å². The smallest absolute Gasteiger partial charge is 0.225 e. The Labute approximate surface area is 122 Å². The van der Waals surface area contributed by atoms with E-state index in [2.05, 4.69) is 47.9 Å². The molecule has 0 aliphatic rings. The molecule has 1 rings (SSSR count). The van der Waals surface area contributed by atoms with Gasteiger partial charge in [-0.15, -0.1) is 0 Å². The molecule has 1 N–H and O–H groups in total. The van der Waals surface area contributed by atoms with Crippen molar-refractivity contribution in [3.63, 3.8) is 0 Å². The van der Waals surface area contributed by atoms with E-state index in [9.17, 15) is 0 Å². The normalized spacial score (nSPS) is 12.7. The topological polar surface area (TPSA) is 50.3 Å². The van der Waals surface area contributed by atoms with E-state index < -0.39 is 0 Å². The molecule has 0 saturated carbocycles. The first kappa shape index (κ1) is 16.9. The fraction of sp³-hybridized carbons (Fsp3) is 0.733. The van der Waals surface area contributed by atoms with Gasteiger partial charge in [-0.1, -0.05) is 20.8 Å². The van der Waals surface area contributed by atoms with Gasteiger partial charge >= 0.3 is 0 Å². The Kier molecular flexibility index (Phi) is 7.47. The number of hydrogen-bond acceptors (Lipinski definition) is 5. The summed E-state index contributed by atoms with van der Waals surface area (Å²) in [5, 5.41) is 3.37. The summed E-state index contributed by atoms with van der Waals surface area (Å²) in [6.45, 7) is 10.9. The third kappa shape index (κ3) is 5.43. The first-order chi connectivity index (χ1) is 9.58. The third-order valence-corrected chi connectivity index (χ3v) is 3.32. The Morgan fingerprint density at radius 2 is 1.90 bits per heavy atom. The molecule has 1 unspecified atom stereocenters. The van der Waals surface area contributed by atoms with E-state index in [1.807, 2.05) is 12.4 Å². The molecule has 5 heteroatoms. The van der Waals surface area contributed by atoms with Crippen LogP contribution in [0.25, 0.3) is 0 Å². The molecule has 0 spiro atoms. The van der Waals surface area contributed by atoms with Crippen LogP contribution >= 0.6 is 0 Å². The van der Waals surface area contributed by atoms with Crippen LogP contribution in [0.15, 0.2) is 12.4 Å². The number of rotatable bonds is 9. The van der Waals surface area contributed by atoms with E-state index in [4.69, 9.17) is 4.74 Å². The molecule has 0 aromatic carbocycles. The zero-order chi connectivity index (χ0) is 15.0. The molecular formula is C15H28N4O. The van der Waals surface area contributed by atoms with Crippen LogP contribution in [0.2, 0.25) is 0 Å². The van der Waals surface area contributed by atoms with Gasteiger partial charge < -0.3 is 15.0 Å². The highest BCUT2D eigenvalue weighted by Crippen LogP contribution is 2.13. The molecule has 1 heterocycles. The molecular weight excluding hydrogens is 252 g/mol. The molecule has 1 aromatic rings. The maximum atomic E-state index is 5.17. The number of methoxy groups -OCH3 is 1. The van der Waals surface area contributed by atoms with Crippen molar-refractivity contribution < 1.29 is 4.74 Å². The SMILES string of the molecule is CCC(C)N(CCOC)c1ncc(CNC(C)C)cn1. The van der Waals surface area contributed by atoms with Crippen molar-refractivity contribution in [3.8, 4) is 0 Å². The molecule has 114 valence electrons. The molecule has 0 saturated heterocycles. The Balaban J connectivity index is 2.71. The van der Waals surface area contributed by atoms with Gasteiger partial charge in [-0.3, -0.25) is 0 Å². The van der Waals surface area contributed by atoms with Gasteiger partial charge in [0.05, 0.1) is 6.61 Å². The van der Waals surface area contributed by atoms with E-state index in [0.29, 0.717) is 18.7 Å². The summed E-state index contributed by atoms with van der Waals surface area (Å²) in [4.78, 5) is 11.2. The Bertz CT molecular complexity index is 367. The molecule has 0 fully saturated rings. The van der Waals surface area contributed by atoms with Crippen LogP contribution in [0.4, 0.5) is 5.95 Å². The zero-order valence-corrected chi connectivity index (χ0v) is 13.4. The average molecular weight is 280 g/mol. The Hall–Kier alpha value is -1.20. The summed E-state index contributed by atoms with van der Waals surface area (Å²) in [5.41, 5.74) is 1.11. The minimum atomic E-state index is 0.407. The lowest BCUT2D eigenvalue weighted by Gasteiger charge is -2.28. The van der Waals surface area contributed by atoms with Crippen molar-refractivity contribution in [2.45, 2.75) is 52.7 Å². The van der Waals surface area contributed by atoms with Crippen molar-refractivity contribution in [2.75, 3.05) is 25.2 Å². The molecule has 0 aliphatic heterocycles. The molecule has 0 aliphatic carbocycles. The predicted molar refractivity (Wildman–Crippen MR) is 83.0 cm³/mol. The monoisotopic (exact) mass is 280 g/mol. The number of hydrogen-bond donors (Lipinski definition) is 1. The molecule has 0 bridgehead atoms. The molecule has 1 atom stereocenters. The average Bonchev–Trinajstić information content (AvgIpc) is 2.46. The third-order valence-electron chi connectivity index (χ3n) is 3.32. The van der Waals surface area contributed by atoms with E-state index >= 15 is 0 Å². The molecule has 0 radical (unpaired) electrons. The second-order valence-electron chi connectivity index (χ2n) is 5.37. The highest BCUT2D eigenvalue weighted by molar-refractivity contribution is 5.31. The van der Waals surface area contributed by atoms with Crippen molar-refractivity contribution in [1.82, 2.24) is 15.3 Å². The number of ether oxygens (including phenoxy) is 1. The quantitative estimate of drug-likeness (QED) is 0.751. The Morgan fingerprint density at radius 1 is 1.25 bits per heavy atom. The van der Waals surface area contributed by atoms with E-state index in [-0.39, 0.29) is 0 Å². The lowest BCUT2D eigenvalue weighted by Crippen LogP contribution is -2.36. The highest BCUT2D eigenvalue weighted by atomic mass is 16.5. The number of anilines is 1. The minimum absolute atomic E-state index is 0.407. The maximum absolute atomic E-state index is 5.17. The van der Waals surface area contributed by atoms with Crippen LogP contribution in [0.3, 0.4) is 0 Å². The van der Waals surface area contributed by atoms with Gasteiger partial charge in [0.1, 0.15) is 0 Å². The first-order valence-electron chi connectivity index (χ1n) is 7.38. The molecule has 0 amide bonds. The van der Waals surface area contributed by atoms with Gasteiger partial charge in [0, 0.05) is 50.2 Å². The lowest BCUT2D eigenvalue weighted by molar-refractivity contribution is 0.203. The van der Waals surface area contributed by atoms with E-state index in [1.165, 1.54) is 0 Å². The number of nitrogens with zero attached hydrogens (tertiary/aromatic N) is 3. The van der Waals surface area contributed by atoms with E-state index in [1.54, 1.807) is 7.11 Å². The highest BCUT2D eigenvalue weighted by Gasteiger charge is 2.15. The summed E-state index contributed by atoms with van der Waals surface area (Å²) in [7, 11) is 1.72. The minimum Gasteiger partial charge on any atom is -0.383 e. The second-order valence-corrected chi connectivity index (χ2v) is 5.37. The first-order valence-corrected chi connectivity index (χ1v) is 7.38. The van der Waals surface area contributed by atoms with Crippen LogP contribution in [-0.2, 0) is 11.3 Å². The lowest BCUT2D eigenvalue weighted by atomic mass is 10.2. The van der Waals surface area contributed by atoms with Crippen molar-refractivity contribution in [2.24, 2.45) is 0 Å². The van der Waals surface area contributed by atoms with Crippen molar-refractivity contribution >= 4 is 5.95 Å². The van der Waals surface area contributed by atoms with Crippen LogP contribution in [0.1, 0.15) is 39.7 Å². The fourth-order valence-electron chi connectivity index (χ4n) is 1.84. The largest absolute Gasteiger partial charge is 0.383 e. The van der Waals surface area contributed by atoms with Gasteiger partial charge in [0.15, 0.2) is 0 Å². The number of nitrogens with one attached hydrogen (secondary N) is 1. The Morgan fingerprint density at radius 3 is 2.40 bits per heavy atom. The predicted octanol–water partition coefficient (Wildman–Crippen LogP) is 2.23. The van der Waals surface area contributed by atoms with Gasteiger partial charge in [0.25, 0.3) is 0 Å². The molecule has 5 nitrogen and oxygen atoms in total. The van der Waals surface area contributed by atoms with Crippen molar-refractivity contribution in [1.29, 1.82) is 0 Å². The maximum Gasteiger partial charge on any atom is 0.225 e. The van der Waals surface area contributed by atoms with Crippen LogP contribution in [0.5, 0.6) is 0 Å². The molecule has 1 aromatic heterocycles. The zero-order valence-electron chi connectivity index (χ0n) is 13.4. The van der Waals surface area contributed by atoms with Gasteiger partial charge in [-0.05, 0) is 13.3 Å².